The van der Waals surface area contributed by atoms with Gasteiger partial charge in [-0.3, -0.25) is 9.59 Å². The molecule has 1 aliphatic heterocycles. The molecule has 1 aliphatic carbocycles. The summed E-state index contributed by atoms with van der Waals surface area (Å²) in [5.74, 6) is 0.0338. The van der Waals surface area contributed by atoms with Crippen molar-refractivity contribution in [1.29, 1.82) is 0 Å². The number of amides is 2. The Kier molecular flexibility index (Phi) is 5.82. The number of nitrogens with one attached hydrogen (secondary N) is 1. The molecule has 2 amide bonds. The fourth-order valence-electron chi connectivity index (χ4n) is 4.94. The molecular weight excluding hydrogens is 466 g/mol. The van der Waals surface area contributed by atoms with Crippen LogP contribution in [0.5, 0.6) is 0 Å². The summed E-state index contributed by atoms with van der Waals surface area (Å²) in [5.41, 5.74) is 13.9. The standard InChI is InChI=1S/C28H25N7O2/c29-33-32-28(37)20-5-3-18(4-6-20)26-31-24-17-21(9-14-25(24)35(26)23-12-13-23)30-27(36)19-7-10-22(11-8-19)34-15-1-2-16-34/h3-11,14,17,23H,1-2,12-13,15-16H2,(H,30,36). The molecule has 1 saturated carbocycles. The SMILES string of the molecule is [N-]=[N+]=NC(=O)c1ccc(-c2nc3cc(NC(=O)c4ccc(N5CCCC5)cc4)ccc3n2C2CC2)cc1. The minimum absolute atomic E-state index is 0.158. The third-order valence-electron chi connectivity index (χ3n) is 6.99. The summed E-state index contributed by atoms with van der Waals surface area (Å²) in [6, 6.07) is 20.9. The maximum Gasteiger partial charge on any atom is 0.255 e. The van der Waals surface area contributed by atoms with Gasteiger partial charge in [0.1, 0.15) is 5.82 Å². The van der Waals surface area contributed by atoms with Crippen LogP contribution in [0.2, 0.25) is 0 Å². The first-order valence-electron chi connectivity index (χ1n) is 12.5. The maximum atomic E-state index is 12.9. The van der Waals surface area contributed by atoms with Gasteiger partial charge in [0.25, 0.3) is 5.91 Å². The Bertz CT molecular complexity index is 1540. The van der Waals surface area contributed by atoms with Gasteiger partial charge in [0.15, 0.2) is 0 Å². The number of hydrogen-bond donors (Lipinski definition) is 1. The molecule has 0 radical (unpaired) electrons. The van der Waals surface area contributed by atoms with Crippen molar-refractivity contribution >= 4 is 34.2 Å². The van der Waals surface area contributed by atoms with Gasteiger partial charge in [0.2, 0.25) is 5.91 Å². The van der Waals surface area contributed by atoms with E-state index in [9.17, 15) is 9.59 Å². The molecule has 4 aromatic rings. The van der Waals surface area contributed by atoms with Gasteiger partial charge in [-0.25, -0.2) is 4.98 Å². The van der Waals surface area contributed by atoms with Crippen LogP contribution in [0.25, 0.3) is 32.9 Å². The topological polar surface area (TPSA) is 116 Å². The molecule has 6 rings (SSSR count). The fraction of sp³-hybridized carbons (Fsp3) is 0.250. The lowest BCUT2D eigenvalue weighted by atomic mass is 10.1. The van der Waals surface area contributed by atoms with E-state index in [1.54, 1.807) is 12.1 Å². The average molecular weight is 492 g/mol. The number of benzene rings is 3. The number of azide groups is 1. The van der Waals surface area contributed by atoms with Crippen molar-refractivity contribution in [3.8, 4) is 11.4 Å². The van der Waals surface area contributed by atoms with E-state index >= 15 is 0 Å². The summed E-state index contributed by atoms with van der Waals surface area (Å²) >= 11 is 0. The Morgan fingerprint density at radius 1 is 0.946 bits per heavy atom. The quantitative estimate of drug-likeness (QED) is 0.192. The van der Waals surface area contributed by atoms with Crippen LogP contribution in [0.1, 0.15) is 52.4 Å². The van der Waals surface area contributed by atoms with Gasteiger partial charge >= 0.3 is 0 Å². The van der Waals surface area contributed by atoms with E-state index in [-0.39, 0.29) is 5.91 Å². The number of fused-ring (bicyclic) bond motifs is 1. The lowest BCUT2D eigenvalue weighted by Gasteiger charge is -2.17. The number of rotatable bonds is 6. The molecule has 0 spiro atoms. The molecule has 0 bridgehead atoms. The summed E-state index contributed by atoms with van der Waals surface area (Å²) in [7, 11) is 0. The second-order valence-electron chi connectivity index (χ2n) is 9.51. The first-order valence-corrected chi connectivity index (χ1v) is 12.5. The first-order chi connectivity index (χ1) is 18.1. The zero-order chi connectivity index (χ0) is 25.4. The second kappa shape index (κ2) is 9.44. The Morgan fingerprint density at radius 2 is 1.65 bits per heavy atom. The highest BCUT2D eigenvalue weighted by Gasteiger charge is 2.29. The molecule has 1 N–H and O–H groups in total. The number of aromatic nitrogens is 2. The van der Waals surface area contributed by atoms with Crippen molar-refractivity contribution in [1.82, 2.24) is 9.55 Å². The van der Waals surface area contributed by atoms with Crippen molar-refractivity contribution in [3.05, 3.63) is 88.3 Å². The van der Waals surface area contributed by atoms with Gasteiger partial charge in [-0.15, -0.1) is 0 Å². The molecule has 37 heavy (non-hydrogen) atoms. The van der Waals surface area contributed by atoms with Gasteiger partial charge in [0.05, 0.1) is 11.0 Å². The Morgan fingerprint density at radius 3 is 2.32 bits per heavy atom. The highest BCUT2D eigenvalue weighted by Crippen LogP contribution is 2.41. The molecule has 184 valence electrons. The summed E-state index contributed by atoms with van der Waals surface area (Å²) in [6.45, 7) is 2.14. The summed E-state index contributed by atoms with van der Waals surface area (Å²) < 4.78 is 2.22. The van der Waals surface area contributed by atoms with Crippen molar-refractivity contribution < 1.29 is 9.59 Å². The average Bonchev–Trinajstić information content (AvgIpc) is 3.46. The zero-order valence-corrected chi connectivity index (χ0v) is 20.2. The van der Waals surface area contributed by atoms with Crippen molar-refractivity contribution in [3.63, 3.8) is 0 Å². The fourth-order valence-corrected chi connectivity index (χ4v) is 4.94. The van der Waals surface area contributed by atoms with E-state index in [0.717, 1.165) is 54.0 Å². The van der Waals surface area contributed by atoms with Crippen LogP contribution in [0.3, 0.4) is 0 Å². The van der Waals surface area contributed by atoms with E-state index < -0.39 is 5.91 Å². The van der Waals surface area contributed by atoms with Crippen LogP contribution in [0, 0.1) is 0 Å². The number of imidazole rings is 1. The van der Waals surface area contributed by atoms with Crippen LogP contribution in [-0.2, 0) is 0 Å². The molecule has 2 fully saturated rings. The van der Waals surface area contributed by atoms with Gasteiger partial charge in [0, 0.05) is 52.1 Å². The molecule has 2 aliphatic rings. The van der Waals surface area contributed by atoms with E-state index in [1.807, 2.05) is 54.6 Å². The lowest BCUT2D eigenvalue weighted by Crippen LogP contribution is -2.18. The molecule has 2 heterocycles. The predicted molar refractivity (Wildman–Crippen MR) is 143 cm³/mol. The highest BCUT2D eigenvalue weighted by molar-refractivity contribution is 6.05. The molecule has 1 saturated heterocycles. The van der Waals surface area contributed by atoms with Crippen LogP contribution in [0.15, 0.2) is 71.8 Å². The summed E-state index contributed by atoms with van der Waals surface area (Å²) in [6.07, 6.45) is 4.59. The van der Waals surface area contributed by atoms with Gasteiger partial charge in [-0.1, -0.05) is 24.3 Å². The predicted octanol–water partition coefficient (Wildman–Crippen LogP) is 6.34. The van der Waals surface area contributed by atoms with E-state index in [1.165, 1.54) is 12.8 Å². The Hall–Kier alpha value is -4.62. The number of carbonyl (C=O) groups excluding carboxylic acids is 2. The van der Waals surface area contributed by atoms with Gasteiger partial charge < -0.3 is 14.8 Å². The Labute approximate surface area is 213 Å². The summed E-state index contributed by atoms with van der Waals surface area (Å²) in [5, 5.41) is 6.15. The highest BCUT2D eigenvalue weighted by atomic mass is 16.2. The molecule has 1 aromatic heterocycles. The molecule has 3 aromatic carbocycles. The number of nitrogens with zero attached hydrogens (tertiary/aromatic N) is 6. The monoisotopic (exact) mass is 491 g/mol. The first kappa shape index (κ1) is 22.8. The lowest BCUT2D eigenvalue weighted by molar-refractivity contribution is 0.0997. The van der Waals surface area contributed by atoms with Gasteiger partial charge in [-0.2, -0.15) is 0 Å². The van der Waals surface area contributed by atoms with Crippen molar-refractivity contribution in [2.45, 2.75) is 31.7 Å². The van der Waals surface area contributed by atoms with E-state index in [0.29, 0.717) is 22.9 Å². The van der Waals surface area contributed by atoms with Crippen molar-refractivity contribution in [2.24, 2.45) is 5.11 Å². The third kappa shape index (κ3) is 4.52. The minimum atomic E-state index is -0.615. The number of carbonyl (C=O) groups is 2. The van der Waals surface area contributed by atoms with Crippen LogP contribution >= 0.6 is 0 Å². The summed E-state index contributed by atoms with van der Waals surface area (Å²) in [4.78, 5) is 34.6. The molecule has 0 atom stereocenters. The Balaban J connectivity index is 1.26. The number of anilines is 2. The maximum absolute atomic E-state index is 12.9. The van der Waals surface area contributed by atoms with E-state index in [2.05, 4.69) is 24.8 Å². The molecule has 0 unspecified atom stereocenters. The smallest absolute Gasteiger partial charge is 0.255 e. The van der Waals surface area contributed by atoms with Crippen molar-refractivity contribution in [2.75, 3.05) is 23.3 Å². The van der Waals surface area contributed by atoms with E-state index in [4.69, 9.17) is 10.5 Å². The second-order valence-corrected chi connectivity index (χ2v) is 9.51. The van der Waals surface area contributed by atoms with Crippen LogP contribution in [-0.4, -0.2) is 34.5 Å². The normalized spacial score (nSPS) is 15.0. The number of hydrogen-bond acceptors (Lipinski definition) is 4. The molecule has 9 nitrogen and oxygen atoms in total. The molecule has 9 heteroatoms. The van der Waals surface area contributed by atoms with Crippen LogP contribution < -0.4 is 10.2 Å². The zero-order valence-electron chi connectivity index (χ0n) is 20.2. The van der Waals surface area contributed by atoms with Crippen LogP contribution in [0.4, 0.5) is 11.4 Å². The third-order valence-corrected chi connectivity index (χ3v) is 6.99. The molecular formula is C28H25N7O2. The minimum Gasteiger partial charge on any atom is -0.372 e. The van der Waals surface area contributed by atoms with Gasteiger partial charge in [-0.05, 0) is 78.8 Å². The largest absolute Gasteiger partial charge is 0.372 e.